The minimum atomic E-state index is -0.779. The van der Waals surface area contributed by atoms with Crippen LogP contribution in [0.15, 0.2) is 24.3 Å². The van der Waals surface area contributed by atoms with Gasteiger partial charge in [-0.05, 0) is 73.5 Å². The highest BCUT2D eigenvalue weighted by Crippen LogP contribution is 2.62. The molecule has 6 nitrogen and oxygen atoms in total. The van der Waals surface area contributed by atoms with Gasteiger partial charge >= 0.3 is 0 Å². The molecule has 146 valence electrons. The Hall–Kier alpha value is -2.08. The number of benzene rings is 1. The van der Waals surface area contributed by atoms with Crippen LogP contribution in [0.25, 0.3) is 0 Å². The van der Waals surface area contributed by atoms with E-state index in [4.69, 9.17) is 5.73 Å². The van der Waals surface area contributed by atoms with Crippen molar-refractivity contribution in [3.63, 3.8) is 0 Å². The Balaban J connectivity index is 1.41. The van der Waals surface area contributed by atoms with Gasteiger partial charge in [0.15, 0.2) is 0 Å². The van der Waals surface area contributed by atoms with E-state index in [2.05, 4.69) is 5.32 Å². The molecule has 0 radical (unpaired) electrons. The van der Waals surface area contributed by atoms with Crippen molar-refractivity contribution in [2.75, 3.05) is 0 Å². The quantitative estimate of drug-likeness (QED) is 0.608. The number of aliphatic hydroxyl groups is 1. The highest BCUT2D eigenvalue weighted by atomic mass is 16.3. The minimum absolute atomic E-state index is 0.135. The van der Waals surface area contributed by atoms with Crippen LogP contribution in [0.5, 0.6) is 5.75 Å². The van der Waals surface area contributed by atoms with E-state index in [0.717, 1.165) is 31.2 Å². The van der Waals surface area contributed by atoms with Crippen LogP contribution in [-0.2, 0) is 16.0 Å². The number of hydrogen-bond donors (Lipinski definition) is 4. The molecule has 4 aliphatic rings. The summed E-state index contributed by atoms with van der Waals surface area (Å²) in [5, 5.41) is 23.0. The number of nitrogens with two attached hydrogens (primary N) is 1. The first-order valence-corrected chi connectivity index (χ1v) is 9.83. The third-order valence-corrected chi connectivity index (χ3v) is 6.74. The fraction of sp³-hybridized carbons (Fsp3) is 0.619. The van der Waals surface area contributed by atoms with Crippen LogP contribution in [0.3, 0.4) is 0 Å². The number of hydrogen-bond acceptors (Lipinski definition) is 4. The standard InChI is InChI=1S/C21H28N2O4/c22-19(26)17(6-13-1-3-16(24)4-2-13)23-18(25)11-20-7-14-5-15(8-20)10-21(27,9-14)12-20/h1-4,14-15,17,24,27H,5-12H2,(H2,22,26)(H,23,25)/t14?,15?,17-,20?,21?/m0/s1. The average molecular weight is 372 g/mol. The van der Waals surface area contributed by atoms with Gasteiger partial charge in [-0.2, -0.15) is 0 Å². The molecule has 5 rings (SSSR count). The van der Waals surface area contributed by atoms with Crippen LogP contribution in [-0.4, -0.2) is 33.7 Å². The van der Waals surface area contributed by atoms with Crippen LogP contribution in [0.4, 0.5) is 0 Å². The van der Waals surface area contributed by atoms with Gasteiger partial charge in [0.2, 0.25) is 11.8 Å². The zero-order valence-electron chi connectivity index (χ0n) is 15.5. The molecule has 0 spiro atoms. The maximum absolute atomic E-state index is 12.8. The van der Waals surface area contributed by atoms with Crippen LogP contribution in [0.2, 0.25) is 0 Å². The van der Waals surface area contributed by atoms with Gasteiger partial charge in [0, 0.05) is 12.8 Å². The maximum atomic E-state index is 12.8. The molecule has 6 heteroatoms. The Kier molecular flexibility index (Phi) is 4.41. The summed E-state index contributed by atoms with van der Waals surface area (Å²) >= 11 is 0. The molecule has 1 aromatic rings. The van der Waals surface area contributed by atoms with Crippen LogP contribution in [0, 0.1) is 17.3 Å². The molecule has 5 N–H and O–H groups in total. The molecule has 4 fully saturated rings. The first-order valence-electron chi connectivity index (χ1n) is 9.83. The molecule has 4 bridgehead atoms. The summed E-state index contributed by atoms with van der Waals surface area (Å²) in [7, 11) is 0. The summed E-state index contributed by atoms with van der Waals surface area (Å²) in [6.07, 6.45) is 6.26. The molecule has 3 atom stereocenters. The van der Waals surface area contributed by atoms with Crippen LogP contribution < -0.4 is 11.1 Å². The number of carbonyl (C=O) groups excluding carboxylic acids is 2. The number of phenols is 1. The molecule has 0 heterocycles. The van der Waals surface area contributed by atoms with E-state index >= 15 is 0 Å². The minimum Gasteiger partial charge on any atom is -0.508 e. The Labute approximate surface area is 159 Å². The van der Waals surface area contributed by atoms with Crippen LogP contribution >= 0.6 is 0 Å². The number of aromatic hydroxyl groups is 1. The summed E-state index contributed by atoms with van der Waals surface area (Å²) < 4.78 is 0. The first-order chi connectivity index (χ1) is 12.7. The summed E-state index contributed by atoms with van der Waals surface area (Å²) in [6, 6.07) is 5.74. The Bertz CT molecular complexity index is 731. The van der Waals surface area contributed by atoms with E-state index in [1.165, 1.54) is 6.42 Å². The Morgan fingerprint density at radius 1 is 1.15 bits per heavy atom. The number of primary amides is 1. The van der Waals surface area contributed by atoms with Crippen LogP contribution in [0.1, 0.15) is 50.5 Å². The van der Waals surface area contributed by atoms with Crippen molar-refractivity contribution in [3.05, 3.63) is 29.8 Å². The van der Waals surface area contributed by atoms with E-state index in [1.54, 1.807) is 24.3 Å². The predicted molar refractivity (Wildman–Crippen MR) is 99.6 cm³/mol. The van der Waals surface area contributed by atoms with E-state index < -0.39 is 17.6 Å². The Morgan fingerprint density at radius 3 is 2.33 bits per heavy atom. The normalized spacial score (nSPS) is 35.0. The lowest BCUT2D eigenvalue weighted by Crippen LogP contribution is -2.57. The third-order valence-electron chi connectivity index (χ3n) is 6.74. The van der Waals surface area contributed by atoms with Gasteiger partial charge in [-0.1, -0.05) is 12.1 Å². The Morgan fingerprint density at radius 2 is 1.78 bits per heavy atom. The molecular weight excluding hydrogens is 344 g/mol. The lowest BCUT2D eigenvalue weighted by molar-refractivity contribution is -0.169. The predicted octanol–water partition coefficient (Wildman–Crippen LogP) is 1.63. The second kappa shape index (κ2) is 6.51. The molecule has 2 amide bonds. The number of carbonyl (C=O) groups is 2. The zero-order valence-corrected chi connectivity index (χ0v) is 15.5. The number of phenolic OH excluding ortho intramolecular Hbond substituents is 1. The third kappa shape index (κ3) is 3.81. The largest absolute Gasteiger partial charge is 0.508 e. The van der Waals surface area contributed by atoms with Crippen molar-refractivity contribution in [1.29, 1.82) is 0 Å². The average Bonchev–Trinajstić information content (AvgIpc) is 2.53. The van der Waals surface area contributed by atoms with Gasteiger partial charge in [0.1, 0.15) is 11.8 Å². The molecule has 0 saturated heterocycles. The fourth-order valence-electron chi connectivity index (χ4n) is 6.29. The molecule has 27 heavy (non-hydrogen) atoms. The van der Waals surface area contributed by atoms with E-state index in [-0.39, 0.29) is 17.1 Å². The number of rotatable bonds is 6. The number of amides is 2. The van der Waals surface area contributed by atoms with E-state index in [1.807, 2.05) is 0 Å². The molecule has 4 aliphatic carbocycles. The van der Waals surface area contributed by atoms with E-state index in [9.17, 15) is 19.8 Å². The monoisotopic (exact) mass is 372 g/mol. The van der Waals surface area contributed by atoms with Gasteiger partial charge in [-0.3, -0.25) is 9.59 Å². The second-order valence-corrected chi connectivity index (χ2v) is 9.26. The van der Waals surface area contributed by atoms with Gasteiger partial charge in [0.25, 0.3) is 0 Å². The smallest absolute Gasteiger partial charge is 0.240 e. The van der Waals surface area contributed by atoms with Crippen molar-refractivity contribution in [2.45, 2.75) is 63.0 Å². The summed E-state index contributed by atoms with van der Waals surface area (Å²) in [5.41, 5.74) is 5.59. The van der Waals surface area contributed by atoms with Crippen molar-refractivity contribution < 1.29 is 19.8 Å². The summed E-state index contributed by atoms with van der Waals surface area (Å²) in [5.74, 6) is 0.461. The molecular formula is C21H28N2O4. The van der Waals surface area contributed by atoms with Gasteiger partial charge in [-0.25, -0.2) is 0 Å². The lowest BCUT2D eigenvalue weighted by Gasteiger charge is -2.60. The summed E-state index contributed by atoms with van der Waals surface area (Å²) in [6.45, 7) is 0. The molecule has 0 aliphatic heterocycles. The zero-order chi connectivity index (χ0) is 19.2. The fourth-order valence-corrected chi connectivity index (χ4v) is 6.29. The van der Waals surface area contributed by atoms with Crippen molar-refractivity contribution in [3.8, 4) is 5.75 Å². The van der Waals surface area contributed by atoms with Crippen molar-refractivity contribution in [2.24, 2.45) is 23.0 Å². The second-order valence-electron chi connectivity index (χ2n) is 9.26. The highest BCUT2D eigenvalue weighted by Gasteiger charge is 2.57. The first kappa shape index (κ1) is 18.3. The lowest BCUT2D eigenvalue weighted by atomic mass is 9.47. The number of nitrogens with one attached hydrogen (secondary N) is 1. The summed E-state index contributed by atoms with van der Waals surface area (Å²) in [4.78, 5) is 24.6. The van der Waals surface area contributed by atoms with Gasteiger partial charge < -0.3 is 21.3 Å². The van der Waals surface area contributed by atoms with Gasteiger partial charge in [-0.15, -0.1) is 0 Å². The van der Waals surface area contributed by atoms with Crippen molar-refractivity contribution >= 4 is 11.8 Å². The SMILES string of the molecule is NC(=O)[C@H](Cc1ccc(O)cc1)NC(=O)CC12CC3CC(CC(O)(C3)C1)C2. The topological polar surface area (TPSA) is 113 Å². The molecule has 2 unspecified atom stereocenters. The molecule has 0 aromatic heterocycles. The van der Waals surface area contributed by atoms with Gasteiger partial charge in [0.05, 0.1) is 5.60 Å². The van der Waals surface area contributed by atoms with E-state index in [0.29, 0.717) is 31.1 Å². The highest BCUT2D eigenvalue weighted by molar-refractivity contribution is 5.87. The maximum Gasteiger partial charge on any atom is 0.240 e. The molecule has 1 aromatic carbocycles. The molecule has 4 saturated carbocycles. The van der Waals surface area contributed by atoms with Crippen molar-refractivity contribution in [1.82, 2.24) is 5.32 Å².